The number of rotatable bonds is 6. The van der Waals surface area contributed by atoms with Crippen molar-refractivity contribution in [2.75, 3.05) is 13.2 Å². The van der Waals surface area contributed by atoms with Crippen LogP contribution >= 0.6 is 22.7 Å². The lowest BCUT2D eigenvalue weighted by Gasteiger charge is -2.23. The molecule has 2 aromatic heterocycles. The van der Waals surface area contributed by atoms with Crippen molar-refractivity contribution in [3.63, 3.8) is 0 Å². The Labute approximate surface area is 178 Å². The van der Waals surface area contributed by atoms with Crippen LogP contribution in [0.3, 0.4) is 0 Å². The van der Waals surface area contributed by atoms with E-state index in [4.69, 9.17) is 9.47 Å². The summed E-state index contributed by atoms with van der Waals surface area (Å²) >= 11 is 3.24. The third-order valence-electron chi connectivity index (χ3n) is 4.74. The molecule has 1 aliphatic rings. The van der Waals surface area contributed by atoms with Gasteiger partial charge in [-0.3, -0.25) is 4.79 Å². The number of ether oxygens (including phenoxy) is 2. The summed E-state index contributed by atoms with van der Waals surface area (Å²) < 4.78 is 11.5. The summed E-state index contributed by atoms with van der Waals surface area (Å²) in [6.07, 6.45) is 1.14. The zero-order valence-corrected chi connectivity index (χ0v) is 18.1. The standard InChI is InChI=1S/C22H24N2O3S2/c1-14(2)21(15-6-7-17-18(11-15)27-9-4-8-26-17)24-20(25)12-16-13-29-22(23-16)19-5-3-10-28-19/h3,5-7,10-11,13-14,21H,4,8-9,12H2,1-2H3,(H,24,25). The molecule has 0 aliphatic carbocycles. The largest absolute Gasteiger partial charge is 0.490 e. The van der Waals surface area contributed by atoms with Crippen molar-refractivity contribution < 1.29 is 14.3 Å². The van der Waals surface area contributed by atoms with Crippen LogP contribution in [0.5, 0.6) is 11.5 Å². The van der Waals surface area contributed by atoms with Gasteiger partial charge in [0.1, 0.15) is 5.01 Å². The van der Waals surface area contributed by atoms with E-state index in [2.05, 4.69) is 24.1 Å². The maximum Gasteiger partial charge on any atom is 0.226 e. The van der Waals surface area contributed by atoms with Gasteiger partial charge in [0.15, 0.2) is 11.5 Å². The summed E-state index contributed by atoms with van der Waals surface area (Å²) in [5, 5.41) is 8.14. The highest BCUT2D eigenvalue weighted by Crippen LogP contribution is 2.34. The van der Waals surface area contributed by atoms with E-state index in [1.54, 1.807) is 22.7 Å². The molecule has 3 heterocycles. The van der Waals surface area contributed by atoms with Gasteiger partial charge in [0.25, 0.3) is 0 Å². The molecule has 0 spiro atoms. The van der Waals surface area contributed by atoms with Gasteiger partial charge in [-0.25, -0.2) is 4.98 Å². The summed E-state index contributed by atoms with van der Waals surface area (Å²) in [5.41, 5.74) is 1.83. The number of hydrogen-bond acceptors (Lipinski definition) is 6. The van der Waals surface area contributed by atoms with E-state index < -0.39 is 0 Å². The van der Waals surface area contributed by atoms with Crippen LogP contribution in [-0.4, -0.2) is 24.1 Å². The molecule has 0 bridgehead atoms. The molecule has 0 fully saturated rings. The number of carbonyl (C=O) groups is 1. The number of amides is 1. The predicted octanol–water partition coefficient (Wildman–Crippen LogP) is 5.09. The number of aromatic nitrogens is 1. The fraction of sp³-hybridized carbons (Fsp3) is 0.364. The third-order valence-corrected chi connectivity index (χ3v) is 6.67. The van der Waals surface area contributed by atoms with Gasteiger partial charge >= 0.3 is 0 Å². The van der Waals surface area contributed by atoms with Crippen LogP contribution < -0.4 is 14.8 Å². The van der Waals surface area contributed by atoms with E-state index in [1.165, 1.54) is 0 Å². The lowest BCUT2D eigenvalue weighted by atomic mass is 9.95. The van der Waals surface area contributed by atoms with Crippen molar-refractivity contribution in [2.45, 2.75) is 32.7 Å². The quantitative estimate of drug-likeness (QED) is 0.594. The molecular formula is C22H24N2O3S2. The molecule has 1 amide bonds. The fourth-order valence-electron chi connectivity index (χ4n) is 3.30. The van der Waals surface area contributed by atoms with E-state index in [0.29, 0.717) is 13.2 Å². The minimum Gasteiger partial charge on any atom is -0.490 e. The van der Waals surface area contributed by atoms with Crippen molar-refractivity contribution in [1.82, 2.24) is 10.3 Å². The maximum absolute atomic E-state index is 12.7. The van der Waals surface area contributed by atoms with Gasteiger partial charge in [-0.2, -0.15) is 0 Å². The molecule has 5 nitrogen and oxygen atoms in total. The van der Waals surface area contributed by atoms with E-state index >= 15 is 0 Å². The molecule has 3 aromatic rings. The highest BCUT2D eigenvalue weighted by molar-refractivity contribution is 7.20. The van der Waals surface area contributed by atoms with Crippen LogP contribution in [0.2, 0.25) is 0 Å². The van der Waals surface area contributed by atoms with Crippen LogP contribution in [0, 0.1) is 5.92 Å². The van der Waals surface area contributed by atoms with E-state index in [9.17, 15) is 4.79 Å². The Bertz CT molecular complexity index is 966. The Balaban J connectivity index is 1.46. The van der Waals surface area contributed by atoms with Gasteiger partial charge in [-0.1, -0.05) is 26.0 Å². The second-order valence-electron chi connectivity index (χ2n) is 7.34. The Morgan fingerprint density at radius 1 is 1.17 bits per heavy atom. The first-order valence-corrected chi connectivity index (χ1v) is 11.5. The van der Waals surface area contributed by atoms with Crippen LogP contribution in [0.25, 0.3) is 9.88 Å². The van der Waals surface area contributed by atoms with Crippen molar-refractivity contribution in [3.05, 3.63) is 52.3 Å². The predicted molar refractivity (Wildman–Crippen MR) is 117 cm³/mol. The van der Waals surface area contributed by atoms with Crippen molar-refractivity contribution in [1.29, 1.82) is 0 Å². The zero-order chi connectivity index (χ0) is 20.2. The molecule has 1 atom stereocenters. The number of benzene rings is 1. The molecule has 1 aliphatic heterocycles. The Hall–Kier alpha value is -2.38. The van der Waals surface area contributed by atoms with Crippen LogP contribution in [0.4, 0.5) is 0 Å². The number of thiazole rings is 1. The van der Waals surface area contributed by atoms with Crippen LogP contribution in [0.1, 0.15) is 37.6 Å². The summed E-state index contributed by atoms with van der Waals surface area (Å²) in [4.78, 5) is 18.5. The minimum absolute atomic E-state index is 0.0289. The Morgan fingerprint density at radius 3 is 2.76 bits per heavy atom. The first-order valence-electron chi connectivity index (χ1n) is 9.77. The van der Waals surface area contributed by atoms with E-state index in [1.807, 2.05) is 41.1 Å². The smallest absolute Gasteiger partial charge is 0.226 e. The van der Waals surface area contributed by atoms with Crippen LogP contribution in [-0.2, 0) is 11.2 Å². The van der Waals surface area contributed by atoms with Crippen molar-refractivity contribution in [2.24, 2.45) is 5.92 Å². The summed E-state index contributed by atoms with van der Waals surface area (Å²) in [7, 11) is 0. The average Bonchev–Trinajstić information content (AvgIpc) is 3.33. The molecule has 1 aromatic carbocycles. The normalized spacial score (nSPS) is 14.4. The number of thiophene rings is 1. The molecule has 152 valence electrons. The Morgan fingerprint density at radius 2 is 2.00 bits per heavy atom. The van der Waals surface area contributed by atoms with Gasteiger partial charge in [0.05, 0.1) is 36.2 Å². The van der Waals surface area contributed by atoms with Gasteiger partial charge < -0.3 is 14.8 Å². The molecule has 0 saturated heterocycles. The van der Waals surface area contributed by atoms with E-state index in [-0.39, 0.29) is 24.3 Å². The Kier molecular flexibility index (Phi) is 6.16. The van der Waals surface area contributed by atoms with Gasteiger partial charge in [-0.15, -0.1) is 22.7 Å². The second-order valence-corrected chi connectivity index (χ2v) is 9.15. The molecule has 0 radical (unpaired) electrons. The van der Waals surface area contributed by atoms with Crippen molar-refractivity contribution >= 4 is 28.6 Å². The third kappa shape index (κ3) is 4.79. The summed E-state index contributed by atoms with van der Waals surface area (Å²) in [6, 6.07) is 9.89. The molecule has 7 heteroatoms. The number of nitrogens with zero attached hydrogens (tertiary/aromatic N) is 1. The topological polar surface area (TPSA) is 60.5 Å². The number of fused-ring (bicyclic) bond motifs is 1. The van der Waals surface area contributed by atoms with Gasteiger partial charge in [0.2, 0.25) is 5.91 Å². The highest BCUT2D eigenvalue weighted by Gasteiger charge is 2.22. The highest BCUT2D eigenvalue weighted by atomic mass is 32.1. The van der Waals surface area contributed by atoms with Gasteiger partial charge in [-0.05, 0) is 35.1 Å². The molecule has 4 rings (SSSR count). The SMILES string of the molecule is CC(C)C(NC(=O)Cc1csc(-c2cccs2)n1)c1ccc2c(c1)OCCCO2. The molecule has 1 N–H and O–H groups in total. The van der Waals surface area contributed by atoms with E-state index in [0.717, 1.165) is 39.1 Å². The van der Waals surface area contributed by atoms with Crippen LogP contribution in [0.15, 0.2) is 41.1 Å². The zero-order valence-electron chi connectivity index (χ0n) is 16.5. The molecule has 0 saturated carbocycles. The monoisotopic (exact) mass is 428 g/mol. The molecule has 29 heavy (non-hydrogen) atoms. The fourth-order valence-corrected chi connectivity index (χ4v) is 4.93. The number of nitrogens with one attached hydrogen (secondary N) is 1. The first-order chi connectivity index (χ1) is 14.1. The summed E-state index contributed by atoms with van der Waals surface area (Å²) in [6.45, 7) is 5.51. The second kappa shape index (κ2) is 8.97. The number of carbonyl (C=O) groups excluding carboxylic acids is 1. The van der Waals surface area contributed by atoms with Gasteiger partial charge in [0, 0.05) is 11.8 Å². The number of hydrogen-bond donors (Lipinski definition) is 1. The minimum atomic E-state index is -0.102. The first kappa shape index (κ1) is 19.9. The lowest BCUT2D eigenvalue weighted by Crippen LogP contribution is -2.33. The lowest BCUT2D eigenvalue weighted by molar-refractivity contribution is -0.121. The average molecular weight is 429 g/mol. The van der Waals surface area contributed by atoms with Crippen molar-refractivity contribution in [3.8, 4) is 21.4 Å². The molecule has 1 unspecified atom stereocenters. The summed E-state index contributed by atoms with van der Waals surface area (Å²) in [5.74, 6) is 1.73. The maximum atomic E-state index is 12.7. The molecular weight excluding hydrogens is 404 g/mol.